The molecule has 1 rings (SSSR count). The van der Waals surface area contributed by atoms with Crippen LogP contribution >= 0.6 is 10.0 Å². The Balaban J connectivity index is 2.50. The number of esters is 1. The van der Waals surface area contributed by atoms with Crippen molar-refractivity contribution in [3.8, 4) is 0 Å². The normalized spacial score (nSPS) is 12.2. The van der Waals surface area contributed by atoms with Gasteiger partial charge in [-0.15, -0.1) is 0 Å². The van der Waals surface area contributed by atoms with Crippen molar-refractivity contribution in [3.63, 3.8) is 0 Å². The molecule has 0 fully saturated rings. The van der Waals surface area contributed by atoms with Crippen molar-refractivity contribution in [2.75, 3.05) is 38.2 Å². The summed E-state index contributed by atoms with van der Waals surface area (Å²) in [5.41, 5.74) is 0. The summed E-state index contributed by atoms with van der Waals surface area (Å²) < 4.78 is 11.6. The fourth-order valence-electron chi connectivity index (χ4n) is 1.42. The molecule has 1 aromatic rings. The Morgan fingerprint density at radius 3 is 2.65 bits per heavy atom. The van der Waals surface area contributed by atoms with Crippen LogP contribution in [0.2, 0.25) is 0 Å². The fourth-order valence-corrected chi connectivity index (χ4v) is 2.04. The van der Waals surface area contributed by atoms with Gasteiger partial charge in [0, 0.05) is 18.1 Å². The molecule has 0 amide bonds. The molecule has 0 atom stereocenters. The highest BCUT2D eigenvalue weighted by Gasteiger charge is 2.17. The first kappa shape index (κ1) is 16.7. The van der Waals surface area contributed by atoms with Crippen LogP contribution in [-0.2, 0) is 21.0 Å². The van der Waals surface area contributed by atoms with E-state index < -0.39 is 16.0 Å². The number of Topliss-reactive ketones (excluding diaryl/α,β-unsaturated/α-hetero) is 1. The summed E-state index contributed by atoms with van der Waals surface area (Å²) in [5.74, 6) is 0.292. The van der Waals surface area contributed by atoms with Crippen molar-refractivity contribution in [3.05, 3.63) is 18.2 Å². The van der Waals surface area contributed by atoms with Gasteiger partial charge < -0.3 is 14.0 Å². The van der Waals surface area contributed by atoms with Crippen LogP contribution in [0.1, 0.15) is 17.0 Å². The number of imidazole rings is 1. The topological polar surface area (TPSA) is 70.4 Å². The second-order valence-corrected chi connectivity index (χ2v) is 9.82. The van der Waals surface area contributed by atoms with Gasteiger partial charge in [-0.1, -0.05) is 0 Å². The maximum absolute atomic E-state index is 11.9. The highest BCUT2D eigenvalue weighted by Crippen LogP contribution is 2.33. The number of carbonyl (C=O) groups is 2. The molecule has 1 heterocycles. The third-order valence-corrected chi connectivity index (χ3v) is 3.96. The molecule has 1 aromatic heterocycles. The molecule has 0 bridgehead atoms. The number of methoxy groups -OCH3 is 1. The van der Waals surface area contributed by atoms with Gasteiger partial charge in [0.2, 0.25) is 5.78 Å². The molecule has 0 aliphatic heterocycles. The molecule has 0 saturated carbocycles. The average Bonchev–Trinajstić information content (AvgIpc) is 2.81. The molecule has 0 radical (unpaired) electrons. The minimum Gasteiger partial charge on any atom is -0.469 e. The molecule has 20 heavy (non-hydrogen) atoms. The molecular formula is C13H22N2O4S. The first-order chi connectivity index (χ1) is 9.33. The zero-order chi connectivity index (χ0) is 15.2. The van der Waals surface area contributed by atoms with E-state index in [0.29, 0.717) is 6.61 Å². The molecule has 0 N–H and O–H groups in total. The number of carbonyl (C=O) groups excluding carboxylic acids is 2. The van der Waals surface area contributed by atoms with E-state index in [-0.39, 0.29) is 24.8 Å². The summed E-state index contributed by atoms with van der Waals surface area (Å²) in [4.78, 5) is 26.9. The largest absolute Gasteiger partial charge is 0.469 e. The predicted octanol–water partition coefficient (Wildman–Crippen LogP) is 1.30. The Hall–Kier alpha value is -1.34. The van der Waals surface area contributed by atoms with Crippen LogP contribution in [0.3, 0.4) is 0 Å². The van der Waals surface area contributed by atoms with E-state index in [4.69, 9.17) is 4.74 Å². The number of hydrogen-bond acceptors (Lipinski definition) is 5. The van der Waals surface area contributed by atoms with Crippen molar-refractivity contribution in [1.29, 1.82) is 0 Å². The molecule has 6 nitrogen and oxygen atoms in total. The van der Waals surface area contributed by atoms with Crippen LogP contribution in [0.15, 0.2) is 12.4 Å². The second-order valence-electron chi connectivity index (χ2n) is 5.23. The van der Waals surface area contributed by atoms with Crippen molar-refractivity contribution >= 4 is 21.8 Å². The van der Waals surface area contributed by atoms with Gasteiger partial charge in [-0.2, -0.15) is 0 Å². The first-order valence-corrected chi connectivity index (χ1v) is 9.21. The van der Waals surface area contributed by atoms with Gasteiger partial charge >= 0.3 is 5.97 Å². The minimum atomic E-state index is -0.589. The van der Waals surface area contributed by atoms with E-state index in [0.717, 1.165) is 5.75 Å². The van der Waals surface area contributed by atoms with Crippen LogP contribution in [0.25, 0.3) is 0 Å². The Morgan fingerprint density at radius 2 is 2.05 bits per heavy atom. The maximum Gasteiger partial charge on any atom is 0.313 e. The molecule has 0 unspecified atom stereocenters. The number of nitrogens with zero attached hydrogens (tertiary/aromatic N) is 2. The second kappa shape index (κ2) is 7.44. The quantitative estimate of drug-likeness (QED) is 0.313. The van der Waals surface area contributed by atoms with Gasteiger partial charge in [0.15, 0.2) is 5.82 Å². The molecular weight excluding hydrogens is 280 g/mol. The third-order valence-electron chi connectivity index (χ3n) is 2.57. The standard InChI is InChI=1S/C13H22N2O4S/c1-18-12(17)9-11(16)13-14-5-6-15(13)10-19-7-8-20(2,3)4/h5-6H,7-10H2,1-4H3. The van der Waals surface area contributed by atoms with E-state index in [1.54, 1.807) is 10.8 Å². The molecule has 7 heteroatoms. The smallest absolute Gasteiger partial charge is 0.313 e. The molecule has 0 aromatic carbocycles. The summed E-state index contributed by atoms with van der Waals surface area (Å²) in [6, 6.07) is 0. The highest BCUT2D eigenvalue weighted by molar-refractivity contribution is 8.32. The van der Waals surface area contributed by atoms with Crippen molar-refractivity contribution in [2.24, 2.45) is 0 Å². The number of ether oxygens (including phenoxy) is 2. The van der Waals surface area contributed by atoms with Crippen molar-refractivity contribution in [2.45, 2.75) is 13.2 Å². The van der Waals surface area contributed by atoms with E-state index in [1.165, 1.54) is 13.3 Å². The summed E-state index contributed by atoms with van der Waals surface area (Å²) in [6.07, 6.45) is 9.54. The molecule has 114 valence electrons. The van der Waals surface area contributed by atoms with Crippen LogP contribution in [0.4, 0.5) is 0 Å². The first-order valence-electron chi connectivity index (χ1n) is 6.18. The zero-order valence-electron chi connectivity index (χ0n) is 12.4. The van der Waals surface area contributed by atoms with Crippen LogP contribution in [0.5, 0.6) is 0 Å². The van der Waals surface area contributed by atoms with E-state index in [1.807, 2.05) is 0 Å². The van der Waals surface area contributed by atoms with Gasteiger partial charge in [-0.3, -0.25) is 9.59 Å². The van der Waals surface area contributed by atoms with E-state index in [9.17, 15) is 9.59 Å². The van der Waals surface area contributed by atoms with Crippen LogP contribution < -0.4 is 0 Å². The number of hydrogen-bond donors (Lipinski definition) is 0. The molecule has 0 aliphatic rings. The van der Waals surface area contributed by atoms with Crippen molar-refractivity contribution < 1.29 is 19.1 Å². The fraction of sp³-hybridized carbons (Fsp3) is 0.615. The van der Waals surface area contributed by atoms with Gasteiger partial charge in [0.05, 0.1) is 13.7 Å². The Kier molecular flexibility index (Phi) is 6.22. The van der Waals surface area contributed by atoms with Gasteiger partial charge in [0.25, 0.3) is 0 Å². The lowest BCUT2D eigenvalue weighted by atomic mass is 10.3. The lowest BCUT2D eigenvalue weighted by molar-refractivity contribution is -0.139. The maximum atomic E-state index is 11.9. The van der Waals surface area contributed by atoms with Gasteiger partial charge in [-0.05, 0) is 18.8 Å². The molecule has 0 saturated heterocycles. The average molecular weight is 302 g/mol. The lowest BCUT2D eigenvalue weighted by Gasteiger charge is -2.24. The summed E-state index contributed by atoms with van der Waals surface area (Å²) in [6.45, 7) is 0.902. The minimum absolute atomic E-state index is 0.221. The summed E-state index contributed by atoms with van der Waals surface area (Å²) >= 11 is 0. The summed E-state index contributed by atoms with van der Waals surface area (Å²) in [7, 11) is 0.661. The van der Waals surface area contributed by atoms with E-state index in [2.05, 4.69) is 28.5 Å². The van der Waals surface area contributed by atoms with E-state index >= 15 is 0 Å². The number of aromatic nitrogens is 2. The Labute approximate surface area is 120 Å². The predicted molar refractivity (Wildman–Crippen MR) is 79.4 cm³/mol. The molecule has 0 aliphatic carbocycles. The third kappa shape index (κ3) is 5.75. The summed E-state index contributed by atoms with van der Waals surface area (Å²) in [5, 5.41) is 0. The zero-order valence-corrected chi connectivity index (χ0v) is 13.2. The Bertz CT molecular complexity index is 465. The lowest BCUT2D eigenvalue weighted by Crippen LogP contribution is -2.17. The number of ketones is 1. The highest BCUT2D eigenvalue weighted by atomic mass is 32.3. The van der Waals surface area contributed by atoms with Gasteiger partial charge in [0.1, 0.15) is 13.2 Å². The van der Waals surface area contributed by atoms with Crippen LogP contribution in [-0.4, -0.2) is 59.5 Å². The monoisotopic (exact) mass is 302 g/mol. The van der Waals surface area contributed by atoms with Gasteiger partial charge in [-0.25, -0.2) is 15.0 Å². The Morgan fingerprint density at radius 1 is 1.35 bits per heavy atom. The number of rotatable bonds is 8. The van der Waals surface area contributed by atoms with Crippen LogP contribution in [0, 0.1) is 0 Å². The SMILES string of the molecule is COC(=O)CC(=O)c1nccn1COCCS(C)(C)C. The van der Waals surface area contributed by atoms with Crippen molar-refractivity contribution in [1.82, 2.24) is 9.55 Å². The molecule has 0 spiro atoms.